The Balaban J connectivity index is 1.84. The molecular formula is C22H20N2O6S. The van der Waals surface area contributed by atoms with Crippen molar-refractivity contribution in [3.05, 3.63) is 64.7 Å². The van der Waals surface area contributed by atoms with Crippen LogP contribution in [0.3, 0.4) is 0 Å². The average Bonchev–Trinajstić information content (AvgIpc) is 3.31. The van der Waals surface area contributed by atoms with Gasteiger partial charge >= 0.3 is 0 Å². The van der Waals surface area contributed by atoms with Crippen molar-refractivity contribution >= 4 is 29.1 Å². The number of carbonyl (C=O) groups is 2. The number of hydrogen-bond acceptors (Lipinski definition) is 8. The van der Waals surface area contributed by atoms with Crippen molar-refractivity contribution in [2.75, 3.05) is 21.3 Å². The molecule has 9 heteroatoms. The number of thiazole rings is 1. The second-order valence-corrected chi connectivity index (χ2v) is 7.07. The second kappa shape index (κ2) is 9.88. The van der Waals surface area contributed by atoms with Crippen molar-refractivity contribution in [1.29, 1.82) is 0 Å². The number of ether oxygens (including phenoxy) is 3. The van der Waals surface area contributed by atoms with Crippen LogP contribution < -0.4 is 19.7 Å². The van der Waals surface area contributed by atoms with Crippen LogP contribution in [0.25, 0.3) is 16.6 Å². The minimum absolute atomic E-state index is 0.267. The van der Waals surface area contributed by atoms with Crippen LogP contribution in [0.1, 0.15) is 21.6 Å². The summed E-state index contributed by atoms with van der Waals surface area (Å²) in [6, 6.07) is 10.5. The summed E-state index contributed by atoms with van der Waals surface area (Å²) in [5, 5.41) is 10.9. The van der Waals surface area contributed by atoms with Gasteiger partial charge in [0.15, 0.2) is 11.5 Å². The zero-order valence-electron chi connectivity index (χ0n) is 17.0. The molecule has 0 unspecified atom stereocenters. The van der Waals surface area contributed by atoms with Gasteiger partial charge in [0.2, 0.25) is 11.5 Å². The molecule has 31 heavy (non-hydrogen) atoms. The zero-order chi connectivity index (χ0) is 22.4. The largest absolute Gasteiger partial charge is 0.493 e. The molecule has 1 heterocycles. The first-order chi connectivity index (χ1) is 15.0. The number of nitrogens with zero attached hydrogens (tertiary/aromatic N) is 1. The quantitative estimate of drug-likeness (QED) is 0.239. The highest BCUT2D eigenvalue weighted by molar-refractivity contribution is 7.13. The van der Waals surface area contributed by atoms with Gasteiger partial charge < -0.3 is 14.2 Å². The number of hydroxylamine groups is 1. The van der Waals surface area contributed by atoms with Gasteiger partial charge in [0.1, 0.15) is 10.7 Å². The third kappa shape index (κ3) is 4.90. The van der Waals surface area contributed by atoms with Crippen molar-refractivity contribution in [1.82, 2.24) is 10.5 Å². The fraction of sp³-hybridized carbons (Fsp3) is 0.136. The normalized spacial score (nSPS) is 10.7. The van der Waals surface area contributed by atoms with Crippen LogP contribution >= 0.6 is 11.3 Å². The predicted molar refractivity (Wildman–Crippen MR) is 116 cm³/mol. The van der Waals surface area contributed by atoms with Crippen LogP contribution in [0, 0.1) is 0 Å². The lowest BCUT2D eigenvalue weighted by Crippen LogP contribution is -2.14. The van der Waals surface area contributed by atoms with Gasteiger partial charge in [-0.15, -0.1) is 11.3 Å². The van der Waals surface area contributed by atoms with Gasteiger partial charge in [-0.3, -0.25) is 14.8 Å². The summed E-state index contributed by atoms with van der Waals surface area (Å²) in [4.78, 5) is 28.5. The lowest BCUT2D eigenvalue weighted by atomic mass is 10.1. The minimum Gasteiger partial charge on any atom is -0.493 e. The highest BCUT2D eigenvalue weighted by Gasteiger charge is 2.20. The Morgan fingerprint density at radius 2 is 1.68 bits per heavy atom. The van der Waals surface area contributed by atoms with Crippen LogP contribution in [-0.4, -0.2) is 43.2 Å². The van der Waals surface area contributed by atoms with Gasteiger partial charge in [0, 0.05) is 22.6 Å². The molecule has 0 atom stereocenters. The highest BCUT2D eigenvalue weighted by Crippen LogP contribution is 2.39. The molecular weight excluding hydrogens is 420 g/mol. The summed E-state index contributed by atoms with van der Waals surface area (Å²) >= 11 is 1.35. The van der Waals surface area contributed by atoms with Crippen LogP contribution in [0.5, 0.6) is 17.2 Å². The Kier molecular flexibility index (Phi) is 7.01. The van der Waals surface area contributed by atoms with E-state index in [1.807, 2.05) is 12.1 Å². The molecule has 0 saturated heterocycles. The molecule has 2 N–H and O–H groups in total. The minimum atomic E-state index is -0.612. The van der Waals surface area contributed by atoms with E-state index in [-0.39, 0.29) is 5.78 Å². The molecule has 3 aromatic rings. The van der Waals surface area contributed by atoms with Gasteiger partial charge in [-0.1, -0.05) is 24.3 Å². The topological polar surface area (TPSA) is 107 Å². The Hall–Kier alpha value is -3.69. The van der Waals surface area contributed by atoms with Crippen molar-refractivity contribution in [3.63, 3.8) is 0 Å². The number of ketones is 1. The van der Waals surface area contributed by atoms with E-state index in [9.17, 15) is 9.59 Å². The number of methoxy groups -OCH3 is 3. The van der Waals surface area contributed by atoms with Gasteiger partial charge in [-0.25, -0.2) is 10.5 Å². The van der Waals surface area contributed by atoms with Crippen molar-refractivity contribution in [3.8, 4) is 27.8 Å². The Morgan fingerprint density at radius 3 is 2.23 bits per heavy atom. The van der Waals surface area contributed by atoms with E-state index in [0.29, 0.717) is 33.5 Å². The summed E-state index contributed by atoms with van der Waals surface area (Å²) in [5.41, 5.74) is 3.81. The van der Waals surface area contributed by atoms with E-state index in [0.717, 1.165) is 11.1 Å². The van der Waals surface area contributed by atoms with E-state index in [4.69, 9.17) is 19.4 Å². The summed E-state index contributed by atoms with van der Waals surface area (Å²) in [7, 11) is 4.47. The van der Waals surface area contributed by atoms with Gasteiger partial charge in [0.25, 0.3) is 5.91 Å². The number of rotatable bonds is 8. The Morgan fingerprint density at radius 1 is 1.03 bits per heavy atom. The maximum Gasteiger partial charge on any atom is 0.267 e. The first-order valence-electron chi connectivity index (χ1n) is 9.03. The van der Waals surface area contributed by atoms with Crippen molar-refractivity contribution < 1.29 is 29.0 Å². The van der Waals surface area contributed by atoms with E-state index in [1.54, 1.807) is 35.7 Å². The molecule has 1 amide bonds. The summed E-state index contributed by atoms with van der Waals surface area (Å²) in [5.74, 6) is 0.305. The average molecular weight is 440 g/mol. The molecule has 0 fully saturated rings. The smallest absolute Gasteiger partial charge is 0.267 e. The van der Waals surface area contributed by atoms with Crippen LogP contribution in [0.4, 0.5) is 0 Å². The van der Waals surface area contributed by atoms with Crippen molar-refractivity contribution in [2.24, 2.45) is 0 Å². The molecule has 0 aliphatic heterocycles. The van der Waals surface area contributed by atoms with E-state index < -0.39 is 5.91 Å². The number of carbonyl (C=O) groups excluding carboxylic acids is 2. The van der Waals surface area contributed by atoms with Gasteiger partial charge in [0.05, 0.1) is 21.3 Å². The van der Waals surface area contributed by atoms with Crippen LogP contribution in [0.15, 0.2) is 47.9 Å². The highest BCUT2D eigenvalue weighted by atomic mass is 32.1. The molecule has 0 aliphatic carbocycles. The van der Waals surface area contributed by atoms with Crippen LogP contribution in [0.2, 0.25) is 0 Å². The standard InChI is InChI=1S/C22H20N2O6S/c1-28-17-10-15(11-18(29-2)21(17)30-3)20(26)16-12-31-22(23-16)14-7-4-13(5-8-14)6-9-19(25)24-27/h4-12,27H,1-3H3,(H,24,25)/b9-6+. The maximum absolute atomic E-state index is 13.0. The lowest BCUT2D eigenvalue weighted by molar-refractivity contribution is -0.124. The van der Waals surface area contributed by atoms with Gasteiger partial charge in [-0.05, 0) is 23.8 Å². The molecule has 160 valence electrons. The molecule has 0 saturated carbocycles. The second-order valence-electron chi connectivity index (χ2n) is 6.21. The number of benzene rings is 2. The van der Waals surface area contributed by atoms with Gasteiger partial charge in [-0.2, -0.15) is 0 Å². The molecule has 0 radical (unpaired) electrons. The van der Waals surface area contributed by atoms with E-state index >= 15 is 0 Å². The molecule has 0 bridgehead atoms. The number of amides is 1. The Labute approximate surface area is 182 Å². The maximum atomic E-state index is 13.0. The summed E-state index contributed by atoms with van der Waals surface area (Å²) in [6.45, 7) is 0. The molecule has 0 spiro atoms. The predicted octanol–water partition coefficient (Wildman–Crippen LogP) is 3.59. The first-order valence-corrected chi connectivity index (χ1v) is 9.91. The molecule has 3 rings (SSSR count). The molecule has 0 aliphatic rings. The van der Waals surface area contributed by atoms with Crippen molar-refractivity contribution in [2.45, 2.75) is 0 Å². The lowest BCUT2D eigenvalue weighted by Gasteiger charge is -2.13. The molecule has 8 nitrogen and oxygen atoms in total. The number of hydrogen-bond donors (Lipinski definition) is 2. The SMILES string of the molecule is COc1cc(C(=O)c2csc(-c3ccc(/C=C/C(=O)NO)cc3)n2)cc(OC)c1OC. The number of aromatic nitrogens is 1. The molecule has 1 aromatic heterocycles. The summed E-state index contributed by atoms with van der Waals surface area (Å²) in [6.07, 6.45) is 2.78. The summed E-state index contributed by atoms with van der Waals surface area (Å²) < 4.78 is 15.9. The van der Waals surface area contributed by atoms with E-state index in [2.05, 4.69) is 4.98 Å². The third-order valence-electron chi connectivity index (χ3n) is 4.36. The fourth-order valence-electron chi connectivity index (χ4n) is 2.82. The van der Waals surface area contributed by atoms with E-state index in [1.165, 1.54) is 44.2 Å². The fourth-order valence-corrected chi connectivity index (χ4v) is 3.62. The first kappa shape index (κ1) is 22.0. The Bertz CT molecular complexity index is 1100. The molecule has 2 aromatic carbocycles. The van der Waals surface area contributed by atoms with Crippen LogP contribution in [-0.2, 0) is 4.79 Å². The zero-order valence-corrected chi connectivity index (χ0v) is 17.9. The monoisotopic (exact) mass is 440 g/mol. The third-order valence-corrected chi connectivity index (χ3v) is 5.25. The number of nitrogens with one attached hydrogen (secondary N) is 1.